The summed E-state index contributed by atoms with van der Waals surface area (Å²) in [7, 11) is 1.57. The van der Waals surface area contributed by atoms with E-state index in [2.05, 4.69) is 25.6 Å². The Hall–Kier alpha value is -2.02. The van der Waals surface area contributed by atoms with Gasteiger partial charge in [0.25, 0.3) is 5.91 Å². The molecule has 6 nitrogen and oxygen atoms in total. The smallest absolute Gasteiger partial charge is 0.270 e. The van der Waals surface area contributed by atoms with Gasteiger partial charge < -0.3 is 10.6 Å². The summed E-state index contributed by atoms with van der Waals surface area (Å²) in [6, 6.07) is 1.89. The number of nitrogens with zero attached hydrogens (tertiary/aromatic N) is 3. The Kier molecular flexibility index (Phi) is 3.52. The number of hydrogen-bond acceptors (Lipinski definition) is 6. The van der Waals surface area contributed by atoms with Gasteiger partial charge in [-0.1, -0.05) is 0 Å². The van der Waals surface area contributed by atoms with E-state index < -0.39 is 0 Å². The molecule has 1 amide bonds. The van der Waals surface area contributed by atoms with Crippen molar-refractivity contribution in [1.29, 1.82) is 0 Å². The Morgan fingerprint density at radius 2 is 1.89 bits per heavy atom. The molecule has 0 bridgehead atoms. The van der Waals surface area contributed by atoms with Gasteiger partial charge in [-0.15, -0.1) is 11.3 Å². The van der Waals surface area contributed by atoms with Crippen molar-refractivity contribution in [3.63, 3.8) is 0 Å². The second kappa shape index (κ2) is 5.09. The van der Waals surface area contributed by atoms with Crippen molar-refractivity contribution in [2.75, 3.05) is 12.4 Å². The lowest BCUT2D eigenvalue weighted by atomic mass is 10.4. The predicted octanol–water partition coefficient (Wildman–Crippen LogP) is 1.65. The summed E-state index contributed by atoms with van der Waals surface area (Å²) < 4.78 is 0. The molecule has 94 valence electrons. The van der Waals surface area contributed by atoms with Gasteiger partial charge in [0.2, 0.25) is 5.95 Å². The number of rotatable bonds is 3. The lowest BCUT2D eigenvalue weighted by Gasteiger charge is -2.02. The first-order valence-corrected chi connectivity index (χ1v) is 6.23. The summed E-state index contributed by atoms with van der Waals surface area (Å²) in [5.41, 5.74) is 2.15. The quantitative estimate of drug-likeness (QED) is 0.880. The molecule has 0 aromatic carbocycles. The highest BCUT2D eigenvalue weighted by Gasteiger charge is 2.09. The van der Waals surface area contributed by atoms with E-state index >= 15 is 0 Å². The van der Waals surface area contributed by atoms with Crippen molar-refractivity contribution in [2.24, 2.45) is 0 Å². The molecule has 0 unspecified atom stereocenters. The number of anilines is 2. The molecular weight excluding hydrogens is 250 g/mol. The Balaban J connectivity index is 2.18. The van der Waals surface area contributed by atoms with Gasteiger partial charge in [-0.05, 0) is 19.9 Å². The molecule has 0 aliphatic carbocycles. The first-order valence-electron chi connectivity index (χ1n) is 5.35. The maximum atomic E-state index is 11.4. The summed E-state index contributed by atoms with van der Waals surface area (Å²) in [6.45, 7) is 3.80. The number of aromatic nitrogens is 3. The molecule has 0 saturated carbocycles. The van der Waals surface area contributed by atoms with Gasteiger partial charge in [-0.2, -0.15) is 0 Å². The van der Waals surface area contributed by atoms with Gasteiger partial charge >= 0.3 is 0 Å². The number of carbonyl (C=O) groups excluding carboxylic acids is 1. The van der Waals surface area contributed by atoms with Crippen LogP contribution >= 0.6 is 11.3 Å². The topological polar surface area (TPSA) is 79.8 Å². The highest BCUT2D eigenvalue weighted by Crippen LogP contribution is 2.19. The van der Waals surface area contributed by atoms with E-state index in [-0.39, 0.29) is 5.91 Å². The number of hydrogen-bond donors (Lipinski definition) is 2. The molecular formula is C11H13N5OS. The molecule has 7 heteroatoms. The first kappa shape index (κ1) is 12.4. The van der Waals surface area contributed by atoms with Gasteiger partial charge in [0.15, 0.2) is 5.13 Å². The van der Waals surface area contributed by atoms with E-state index in [1.807, 2.05) is 19.9 Å². The third kappa shape index (κ3) is 2.80. The van der Waals surface area contributed by atoms with E-state index in [0.29, 0.717) is 16.8 Å². The van der Waals surface area contributed by atoms with Crippen molar-refractivity contribution in [3.05, 3.63) is 28.5 Å². The molecule has 0 spiro atoms. The second-order valence-corrected chi connectivity index (χ2v) is 4.57. The normalized spacial score (nSPS) is 10.2. The molecule has 2 aromatic heterocycles. The molecule has 2 aromatic rings. The number of amides is 1. The molecule has 18 heavy (non-hydrogen) atoms. The largest absolute Gasteiger partial charge is 0.354 e. The average molecular weight is 263 g/mol. The Bertz CT molecular complexity index is 560. The number of aryl methyl sites for hydroxylation is 2. The van der Waals surface area contributed by atoms with Crippen LogP contribution in [-0.2, 0) is 0 Å². The van der Waals surface area contributed by atoms with Crippen LogP contribution in [0.15, 0.2) is 11.4 Å². The molecule has 0 saturated heterocycles. The first-order chi connectivity index (χ1) is 8.58. The minimum atomic E-state index is -0.208. The zero-order valence-corrected chi connectivity index (χ0v) is 11.1. The van der Waals surface area contributed by atoms with Crippen molar-refractivity contribution < 1.29 is 4.79 Å². The molecule has 0 aliphatic heterocycles. The number of thiazole rings is 1. The van der Waals surface area contributed by atoms with Crippen molar-refractivity contribution in [2.45, 2.75) is 13.8 Å². The third-order valence-corrected chi connectivity index (χ3v) is 2.92. The third-order valence-electron chi connectivity index (χ3n) is 2.16. The van der Waals surface area contributed by atoms with Crippen LogP contribution in [0.1, 0.15) is 21.9 Å². The Morgan fingerprint density at radius 1 is 1.22 bits per heavy atom. The highest BCUT2D eigenvalue weighted by atomic mass is 32.1. The summed E-state index contributed by atoms with van der Waals surface area (Å²) in [6.07, 6.45) is 0. The predicted molar refractivity (Wildman–Crippen MR) is 70.3 cm³/mol. The van der Waals surface area contributed by atoms with Crippen molar-refractivity contribution in [1.82, 2.24) is 20.3 Å². The number of carbonyl (C=O) groups is 1. The fourth-order valence-corrected chi connectivity index (χ4v) is 2.13. The highest BCUT2D eigenvalue weighted by molar-refractivity contribution is 7.14. The van der Waals surface area contributed by atoms with Crippen LogP contribution in [0.5, 0.6) is 0 Å². The summed E-state index contributed by atoms with van der Waals surface area (Å²) >= 11 is 1.34. The van der Waals surface area contributed by atoms with E-state index in [9.17, 15) is 4.79 Å². The molecule has 0 atom stereocenters. The minimum Gasteiger partial charge on any atom is -0.354 e. The summed E-state index contributed by atoms with van der Waals surface area (Å²) in [5, 5.41) is 7.79. The fraction of sp³-hybridized carbons (Fsp3) is 0.273. The van der Waals surface area contributed by atoms with E-state index in [4.69, 9.17) is 0 Å². The molecule has 0 radical (unpaired) electrons. The van der Waals surface area contributed by atoms with Crippen LogP contribution in [0.2, 0.25) is 0 Å². The van der Waals surface area contributed by atoms with E-state index in [1.165, 1.54) is 11.3 Å². The van der Waals surface area contributed by atoms with E-state index in [0.717, 1.165) is 11.4 Å². The standard InChI is InChI=1S/C11H13N5OS/c1-6-4-7(2)14-10(13-6)16-11-15-8(5-18-11)9(17)12-3/h4-5H,1-3H3,(H,12,17)(H,13,14,15,16). The molecule has 0 fully saturated rings. The van der Waals surface area contributed by atoms with Crippen LogP contribution in [0.3, 0.4) is 0 Å². The van der Waals surface area contributed by atoms with Crippen molar-refractivity contribution in [3.8, 4) is 0 Å². The van der Waals surface area contributed by atoms with Crippen LogP contribution in [0, 0.1) is 13.8 Å². The van der Waals surface area contributed by atoms with Crippen LogP contribution in [0.4, 0.5) is 11.1 Å². The van der Waals surface area contributed by atoms with Gasteiger partial charge in [-0.3, -0.25) is 4.79 Å². The summed E-state index contributed by atoms with van der Waals surface area (Å²) in [5.74, 6) is 0.283. The lowest BCUT2D eigenvalue weighted by molar-refractivity contribution is 0.0959. The number of nitrogens with one attached hydrogen (secondary N) is 2. The minimum absolute atomic E-state index is 0.208. The summed E-state index contributed by atoms with van der Waals surface area (Å²) in [4.78, 5) is 24.0. The van der Waals surface area contributed by atoms with E-state index in [1.54, 1.807) is 12.4 Å². The molecule has 0 aliphatic rings. The SMILES string of the molecule is CNC(=O)c1csc(Nc2nc(C)cc(C)n2)n1. The van der Waals surface area contributed by atoms with Gasteiger partial charge in [0.05, 0.1) is 0 Å². The lowest BCUT2D eigenvalue weighted by Crippen LogP contribution is -2.18. The van der Waals surface area contributed by atoms with Crippen LogP contribution < -0.4 is 10.6 Å². The van der Waals surface area contributed by atoms with Gasteiger partial charge in [-0.25, -0.2) is 15.0 Å². The van der Waals surface area contributed by atoms with Crippen LogP contribution in [-0.4, -0.2) is 27.9 Å². The maximum absolute atomic E-state index is 11.4. The van der Waals surface area contributed by atoms with Crippen molar-refractivity contribution >= 4 is 28.3 Å². The second-order valence-electron chi connectivity index (χ2n) is 3.72. The monoisotopic (exact) mass is 263 g/mol. The molecule has 2 N–H and O–H groups in total. The average Bonchev–Trinajstić information content (AvgIpc) is 2.75. The Morgan fingerprint density at radius 3 is 2.50 bits per heavy atom. The maximum Gasteiger partial charge on any atom is 0.270 e. The molecule has 2 heterocycles. The zero-order valence-electron chi connectivity index (χ0n) is 10.3. The molecule has 2 rings (SSSR count). The fourth-order valence-electron chi connectivity index (χ4n) is 1.44. The Labute approximate surface area is 109 Å². The van der Waals surface area contributed by atoms with Gasteiger partial charge in [0.1, 0.15) is 5.69 Å². The zero-order chi connectivity index (χ0) is 13.1. The van der Waals surface area contributed by atoms with Gasteiger partial charge in [0, 0.05) is 23.8 Å². The van der Waals surface area contributed by atoms with Crippen LogP contribution in [0.25, 0.3) is 0 Å².